The zero-order valence-corrected chi connectivity index (χ0v) is 11.9. The van der Waals surface area contributed by atoms with E-state index in [2.05, 4.69) is 31.4 Å². The van der Waals surface area contributed by atoms with Crippen LogP contribution in [0.4, 0.5) is 0 Å². The second-order valence-corrected chi connectivity index (χ2v) is 5.32. The quantitative estimate of drug-likeness (QED) is 0.763. The fourth-order valence-corrected chi connectivity index (χ4v) is 1.65. The maximum absolute atomic E-state index is 11.5. The van der Waals surface area contributed by atoms with Gasteiger partial charge in [-0.2, -0.15) is 0 Å². The molecular formula is C14H25N3O. The van der Waals surface area contributed by atoms with Gasteiger partial charge < -0.3 is 15.2 Å². The number of nitrogens with zero attached hydrogens (tertiary/aromatic N) is 1. The zero-order chi connectivity index (χ0) is 13.5. The summed E-state index contributed by atoms with van der Waals surface area (Å²) in [5, 5.41) is 6.82. The van der Waals surface area contributed by atoms with Crippen LogP contribution in [0.3, 0.4) is 0 Å². The lowest BCUT2D eigenvalue weighted by molar-refractivity contribution is 0.472. The SMILES string of the molecule is CC(C)CNCC(C)NCc1ccn(C)c(=O)c1. The summed E-state index contributed by atoms with van der Waals surface area (Å²) in [6, 6.07) is 4.05. The van der Waals surface area contributed by atoms with Gasteiger partial charge in [-0.15, -0.1) is 0 Å². The topological polar surface area (TPSA) is 46.1 Å². The Bertz CT molecular complexity index is 412. The molecule has 0 amide bonds. The van der Waals surface area contributed by atoms with E-state index >= 15 is 0 Å². The van der Waals surface area contributed by atoms with Crippen LogP contribution in [0, 0.1) is 5.92 Å². The van der Waals surface area contributed by atoms with Crippen molar-refractivity contribution in [1.82, 2.24) is 15.2 Å². The maximum atomic E-state index is 11.5. The first-order valence-corrected chi connectivity index (χ1v) is 6.58. The van der Waals surface area contributed by atoms with Crippen LogP contribution in [-0.4, -0.2) is 23.7 Å². The molecule has 18 heavy (non-hydrogen) atoms. The maximum Gasteiger partial charge on any atom is 0.250 e. The Balaban J connectivity index is 2.31. The van der Waals surface area contributed by atoms with Crippen LogP contribution in [0.25, 0.3) is 0 Å². The van der Waals surface area contributed by atoms with Gasteiger partial charge in [0.15, 0.2) is 0 Å². The molecule has 0 saturated carbocycles. The smallest absolute Gasteiger partial charge is 0.250 e. The first-order chi connectivity index (χ1) is 8.49. The summed E-state index contributed by atoms with van der Waals surface area (Å²) in [6.07, 6.45) is 1.81. The van der Waals surface area contributed by atoms with Crippen molar-refractivity contribution in [1.29, 1.82) is 0 Å². The number of aromatic nitrogens is 1. The third kappa shape index (κ3) is 5.47. The van der Waals surface area contributed by atoms with E-state index in [1.807, 2.05) is 6.07 Å². The van der Waals surface area contributed by atoms with E-state index in [0.29, 0.717) is 12.0 Å². The zero-order valence-electron chi connectivity index (χ0n) is 11.9. The molecule has 102 valence electrons. The van der Waals surface area contributed by atoms with E-state index in [4.69, 9.17) is 0 Å². The molecule has 4 heteroatoms. The molecule has 1 atom stereocenters. The van der Waals surface area contributed by atoms with Gasteiger partial charge in [0.05, 0.1) is 0 Å². The highest BCUT2D eigenvalue weighted by atomic mass is 16.1. The number of hydrogen-bond acceptors (Lipinski definition) is 3. The second-order valence-electron chi connectivity index (χ2n) is 5.32. The molecule has 0 radical (unpaired) electrons. The highest BCUT2D eigenvalue weighted by molar-refractivity contribution is 5.10. The summed E-state index contributed by atoms with van der Waals surface area (Å²) >= 11 is 0. The lowest BCUT2D eigenvalue weighted by atomic mass is 10.2. The molecule has 0 saturated heterocycles. The number of nitrogens with one attached hydrogen (secondary N) is 2. The van der Waals surface area contributed by atoms with E-state index < -0.39 is 0 Å². The Kier molecular flexibility index (Phi) is 6.09. The molecule has 1 aromatic heterocycles. The van der Waals surface area contributed by atoms with Crippen molar-refractivity contribution in [2.75, 3.05) is 13.1 Å². The third-order valence-corrected chi connectivity index (χ3v) is 2.83. The van der Waals surface area contributed by atoms with E-state index in [0.717, 1.165) is 25.2 Å². The highest BCUT2D eigenvalue weighted by Gasteiger charge is 2.02. The molecule has 0 aliphatic heterocycles. The van der Waals surface area contributed by atoms with Gasteiger partial charge in [0.1, 0.15) is 0 Å². The minimum absolute atomic E-state index is 0.0416. The Morgan fingerprint density at radius 3 is 2.61 bits per heavy atom. The summed E-state index contributed by atoms with van der Waals surface area (Å²) in [6.45, 7) is 9.27. The van der Waals surface area contributed by atoms with E-state index in [1.54, 1.807) is 23.9 Å². The van der Waals surface area contributed by atoms with Gasteiger partial charge in [-0.25, -0.2) is 0 Å². The van der Waals surface area contributed by atoms with Gasteiger partial charge in [-0.05, 0) is 31.0 Å². The van der Waals surface area contributed by atoms with Crippen LogP contribution >= 0.6 is 0 Å². The first kappa shape index (κ1) is 14.9. The minimum Gasteiger partial charge on any atom is -0.319 e. The Hall–Kier alpha value is -1.13. The number of aryl methyl sites for hydroxylation is 1. The molecule has 0 spiro atoms. The molecule has 0 aliphatic rings. The second kappa shape index (κ2) is 7.34. The molecule has 0 aliphatic carbocycles. The molecule has 1 aromatic rings. The number of hydrogen-bond donors (Lipinski definition) is 2. The van der Waals surface area contributed by atoms with Gasteiger partial charge in [-0.1, -0.05) is 13.8 Å². The van der Waals surface area contributed by atoms with Crippen molar-refractivity contribution < 1.29 is 0 Å². The van der Waals surface area contributed by atoms with Crippen LogP contribution in [0.1, 0.15) is 26.3 Å². The summed E-state index contributed by atoms with van der Waals surface area (Å²) in [4.78, 5) is 11.5. The Morgan fingerprint density at radius 1 is 1.28 bits per heavy atom. The molecule has 4 nitrogen and oxygen atoms in total. The third-order valence-electron chi connectivity index (χ3n) is 2.83. The molecule has 0 fully saturated rings. The minimum atomic E-state index is 0.0416. The largest absolute Gasteiger partial charge is 0.319 e. The van der Waals surface area contributed by atoms with Crippen molar-refractivity contribution in [3.8, 4) is 0 Å². The standard InChI is InChI=1S/C14H25N3O/c1-11(2)8-15-9-12(3)16-10-13-5-6-17(4)14(18)7-13/h5-7,11-12,15-16H,8-10H2,1-4H3. The van der Waals surface area contributed by atoms with Crippen LogP contribution in [0.15, 0.2) is 23.1 Å². The molecule has 2 N–H and O–H groups in total. The lowest BCUT2D eigenvalue weighted by Gasteiger charge is -2.15. The fraction of sp³-hybridized carbons (Fsp3) is 0.643. The van der Waals surface area contributed by atoms with Crippen LogP contribution in [-0.2, 0) is 13.6 Å². The predicted octanol–water partition coefficient (Wildman–Crippen LogP) is 1.11. The molecule has 1 heterocycles. The van der Waals surface area contributed by atoms with Gasteiger partial charge in [0.2, 0.25) is 0 Å². The van der Waals surface area contributed by atoms with Gasteiger partial charge >= 0.3 is 0 Å². The van der Waals surface area contributed by atoms with Gasteiger partial charge in [-0.3, -0.25) is 4.79 Å². The van der Waals surface area contributed by atoms with Crippen molar-refractivity contribution in [3.05, 3.63) is 34.2 Å². The van der Waals surface area contributed by atoms with Gasteiger partial charge in [0, 0.05) is 38.4 Å². The van der Waals surface area contributed by atoms with Crippen molar-refractivity contribution in [3.63, 3.8) is 0 Å². The van der Waals surface area contributed by atoms with Crippen LogP contribution in [0.5, 0.6) is 0 Å². The predicted molar refractivity (Wildman–Crippen MR) is 75.7 cm³/mol. The van der Waals surface area contributed by atoms with E-state index in [-0.39, 0.29) is 5.56 Å². The van der Waals surface area contributed by atoms with Gasteiger partial charge in [0.25, 0.3) is 5.56 Å². The molecular weight excluding hydrogens is 226 g/mol. The Morgan fingerprint density at radius 2 is 2.00 bits per heavy atom. The molecule has 1 unspecified atom stereocenters. The van der Waals surface area contributed by atoms with Crippen molar-refractivity contribution >= 4 is 0 Å². The highest BCUT2D eigenvalue weighted by Crippen LogP contribution is 1.95. The fourth-order valence-electron chi connectivity index (χ4n) is 1.65. The molecule has 0 aromatic carbocycles. The number of pyridine rings is 1. The normalized spacial score (nSPS) is 12.9. The van der Waals surface area contributed by atoms with Crippen molar-refractivity contribution in [2.24, 2.45) is 13.0 Å². The average molecular weight is 251 g/mol. The van der Waals surface area contributed by atoms with E-state index in [9.17, 15) is 4.79 Å². The van der Waals surface area contributed by atoms with Crippen LogP contribution < -0.4 is 16.2 Å². The van der Waals surface area contributed by atoms with E-state index in [1.165, 1.54) is 0 Å². The molecule has 0 bridgehead atoms. The summed E-state index contributed by atoms with van der Waals surface area (Å²) in [7, 11) is 1.76. The molecule has 1 rings (SSSR count). The monoisotopic (exact) mass is 251 g/mol. The van der Waals surface area contributed by atoms with Crippen LogP contribution in [0.2, 0.25) is 0 Å². The summed E-state index contributed by atoms with van der Waals surface area (Å²) < 4.78 is 1.58. The first-order valence-electron chi connectivity index (χ1n) is 6.58. The average Bonchev–Trinajstić information content (AvgIpc) is 2.30. The summed E-state index contributed by atoms with van der Waals surface area (Å²) in [5.41, 5.74) is 1.08. The number of rotatable bonds is 7. The van der Waals surface area contributed by atoms with Crippen molar-refractivity contribution in [2.45, 2.75) is 33.4 Å². The Labute approximate surface area is 109 Å². The summed E-state index contributed by atoms with van der Waals surface area (Å²) in [5.74, 6) is 0.675. The lowest BCUT2D eigenvalue weighted by Crippen LogP contribution is -2.37.